The number of aliphatic hydroxyl groups is 1. The maximum atomic E-state index is 9.19. The molecule has 0 fully saturated rings. The summed E-state index contributed by atoms with van der Waals surface area (Å²) in [5, 5.41) is 15.8. The van der Waals surface area contributed by atoms with Crippen molar-refractivity contribution in [3.05, 3.63) is 34.9 Å². The van der Waals surface area contributed by atoms with Gasteiger partial charge in [-0.05, 0) is 50.3 Å². The number of aromatic amines is 1. The molecule has 2 N–H and O–H groups in total. The molecule has 1 heterocycles. The first-order valence-corrected chi connectivity index (χ1v) is 6.07. The quantitative estimate of drug-likeness (QED) is 0.832. The lowest BCUT2D eigenvalue weighted by atomic mass is 10.3. The zero-order valence-electron chi connectivity index (χ0n) is 10.3. The number of aliphatic hydroxyl groups excluding tert-OH is 1. The number of ether oxygens (including phenoxy) is 1. The lowest BCUT2D eigenvalue weighted by molar-refractivity contribution is 0.242. The van der Waals surface area contributed by atoms with Crippen molar-refractivity contribution in [3.8, 4) is 11.4 Å². The Morgan fingerprint density at radius 1 is 1.39 bits per heavy atom. The maximum absolute atomic E-state index is 9.19. The van der Waals surface area contributed by atoms with Gasteiger partial charge in [-0.15, -0.1) is 0 Å². The van der Waals surface area contributed by atoms with Crippen LogP contribution in [-0.2, 0) is 6.61 Å². The molecule has 96 valence electrons. The third-order valence-electron chi connectivity index (χ3n) is 2.35. The van der Waals surface area contributed by atoms with Gasteiger partial charge in [0.05, 0.1) is 6.10 Å². The van der Waals surface area contributed by atoms with Crippen LogP contribution in [0.15, 0.2) is 24.3 Å². The van der Waals surface area contributed by atoms with Crippen LogP contribution in [0.2, 0.25) is 0 Å². The van der Waals surface area contributed by atoms with Crippen molar-refractivity contribution in [2.24, 2.45) is 0 Å². The number of nitrogens with zero attached hydrogens (tertiary/aromatic N) is 2. The molecule has 0 aliphatic rings. The van der Waals surface area contributed by atoms with Crippen LogP contribution >= 0.6 is 12.2 Å². The average molecular weight is 265 g/mol. The monoisotopic (exact) mass is 265 g/mol. The normalized spacial score (nSPS) is 10.9. The lowest BCUT2D eigenvalue weighted by Crippen LogP contribution is -2.06. The lowest BCUT2D eigenvalue weighted by Gasteiger charge is -2.10. The molecule has 18 heavy (non-hydrogen) atoms. The van der Waals surface area contributed by atoms with E-state index in [1.165, 1.54) is 0 Å². The van der Waals surface area contributed by atoms with Crippen molar-refractivity contribution in [1.29, 1.82) is 0 Å². The Labute approximate surface area is 110 Å². The van der Waals surface area contributed by atoms with Gasteiger partial charge >= 0.3 is 0 Å². The van der Waals surface area contributed by atoms with Gasteiger partial charge in [-0.25, -0.2) is 0 Å². The third kappa shape index (κ3) is 2.60. The highest BCUT2D eigenvalue weighted by Crippen LogP contribution is 2.17. The van der Waals surface area contributed by atoms with Crippen LogP contribution in [0.4, 0.5) is 0 Å². The molecule has 6 heteroatoms. The SMILES string of the molecule is CC(C)Oc1ccc(-n2c(CO)n[nH]c2=S)cc1. The number of benzene rings is 1. The topological polar surface area (TPSA) is 63.1 Å². The number of nitrogens with one attached hydrogen (secondary N) is 1. The fraction of sp³-hybridized carbons (Fsp3) is 0.333. The van der Waals surface area contributed by atoms with E-state index >= 15 is 0 Å². The van der Waals surface area contributed by atoms with Gasteiger partial charge in [0.2, 0.25) is 0 Å². The van der Waals surface area contributed by atoms with E-state index in [9.17, 15) is 5.11 Å². The second-order valence-electron chi connectivity index (χ2n) is 4.10. The highest BCUT2D eigenvalue weighted by molar-refractivity contribution is 7.71. The van der Waals surface area contributed by atoms with Crippen LogP contribution in [0.5, 0.6) is 5.75 Å². The standard InChI is InChI=1S/C12H15N3O2S/c1-8(2)17-10-5-3-9(4-6-10)15-11(7-16)13-14-12(15)18/h3-6,8,16H,7H2,1-2H3,(H,14,18). The zero-order valence-corrected chi connectivity index (χ0v) is 11.1. The third-order valence-corrected chi connectivity index (χ3v) is 2.62. The summed E-state index contributed by atoms with van der Waals surface area (Å²) < 4.78 is 7.71. The molecule has 0 saturated carbocycles. The van der Waals surface area contributed by atoms with Crippen molar-refractivity contribution in [1.82, 2.24) is 14.8 Å². The van der Waals surface area contributed by atoms with Crippen molar-refractivity contribution in [2.45, 2.75) is 26.6 Å². The highest BCUT2D eigenvalue weighted by atomic mass is 32.1. The molecule has 5 nitrogen and oxygen atoms in total. The van der Waals surface area contributed by atoms with E-state index in [1.54, 1.807) is 4.57 Å². The summed E-state index contributed by atoms with van der Waals surface area (Å²) in [6.45, 7) is 3.78. The highest BCUT2D eigenvalue weighted by Gasteiger charge is 2.07. The Bertz CT molecular complexity index is 572. The Morgan fingerprint density at radius 3 is 2.61 bits per heavy atom. The predicted molar refractivity (Wildman–Crippen MR) is 70.4 cm³/mol. The molecular formula is C12H15N3O2S. The van der Waals surface area contributed by atoms with Gasteiger partial charge < -0.3 is 9.84 Å². The predicted octanol–water partition coefficient (Wildman–Crippen LogP) is 2.21. The van der Waals surface area contributed by atoms with Crippen molar-refractivity contribution in [3.63, 3.8) is 0 Å². The van der Waals surface area contributed by atoms with E-state index in [2.05, 4.69) is 10.2 Å². The van der Waals surface area contributed by atoms with Crippen LogP contribution in [0.25, 0.3) is 5.69 Å². The van der Waals surface area contributed by atoms with Gasteiger partial charge in [-0.1, -0.05) is 0 Å². The summed E-state index contributed by atoms with van der Waals surface area (Å²) >= 11 is 5.13. The molecule has 0 amide bonds. The van der Waals surface area contributed by atoms with Crippen LogP contribution < -0.4 is 4.74 Å². The summed E-state index contributed by atoms with van der Waals surface area (Å²) in [5.41, 5.74) is 0.842. The zero-order chi connectivity index (χ0) is 13.1. The molecule has 0 aliphatic carbocycles. The van der Waals surface area contributed by atoms with E-state index in [-0.39, 0.29) is 12.7 Å². The molecule has 0 radical (unpaired) electrons. The Hall–Kier alpha value is -1.66. The minimum atomic E-state index is -0.169. The summed E-state index contributed by atoms with van der Waals surface area (Å²) in [4.78, 5) is 0. The molecule has 1 aromatic carbocycles. The van der Waals surface area contributed by atoms with E-state index in [1.807, 2.05) is 38.1 Å². The smallest absolute Gasteiger partial charge is 0.199 e. The van der Waals surface area contributed by atoms with Gasteiger partial charge in [0, 0.05) is 5.69 Å². The van der Waals surface area contributed by atoms with Crippen LogP contribution in [0, 0.1) is 4.77 Å². The minimum Gasteiger partial charge on any atom is -0.491 e. The van der Waals surface area contributed by atoms with Crippen molar-refractivity contribution >= 4 is 12.2 Å². The molecule has 0 bridgehead atoms. The van der Waals surface area contributed by atoms with Crippen molar-refractivity contribution < 1.29 is 9.84 Å². The molecule has 0 unspecified atom stereocenters. The summed E-state index contributed by atoms with van der Waals surface area (Å²) in [7, 11) is 0. The van der Waals surface area contributed by atoms with Crippen LogP contribution in [0.3, 0.4) is 0 Å². The maximum Gasteiger partial charge on any atom is 0.199 e. The van der Waals surface area contributed by atoms with Crippen LogP contribution in [-0.4, -0.2) is 26.0 Å². The number of hydrogen-bond donors (Lipinski definition) is 2. The Morgan fingerprint density at radius 2 is 2.06 bits per heavy atom. The van der Waals surface area contributed by atoms with E-state index < -0.39 is 0 Å². The molecule has 0 spiro atoms. The largest absolute Gasteiger partial charge is 0.491 e. The fourth-order valence-electron chi connectivity index (χ4n) is 1.65. The van der Waals surface area contributed by atoms with E-state index in [0.29, 0.717) is 10.6 Å². The molecule has 0 aliphatic heterocycles. The number of rotatable bonds is 4. The minimum absolute atomic E-state index is 0.139. The first-order valence-electron chi connectivity index (χ1n) is 5.66. The molecule has 1 aromatic heterocycles. The Kier molecular flexibility index (Phi) is 3.78. The second kappa shape index (κ2) is 5.32. The van der Waals surface area contributed by atoms with Crippen molar-refractivity contribution in [2.75, 3.05) is 0 Å². The Balaban J connectivity index is 2.34. The van der Waals surface area contributed by atoms with Gasteiger partial charge in [-0.2, -0.15) is 5.10 Å². The first kappa shape index (κ1) is 12.8. The number of aromatic nitrogens is 3. The van der Waals surface area contributed by atoms with Gasteiger partial charge in [0.25, 0.3) is 0 Å². The van der Waals surface area contributed by atoms with Gasteiger partial charge in [0.1, 0.15) is 12.4 Å². The molecule has 0 atom stereocenters. The molecule has 0 saturated heterocycles. The van der Waals surface area contributed by atoms with Crippen LogP contribution in [0.1, 0.15) is 19.7 Å². The van der Waals surface area contributed by atoms with Gasteiger partial charge in [-0.3, -0.25) is 9.67 Å². The molecular weight excluding hydrogens is 250 g/mol. The summed E-state index contributed by atoms with van der Waals surface area (Å²) in [5.74, 6) is 1.28. The van der Waals surface area contributed by atoms with E-state index in [4.69, 9.17) is 17.0 Å². The molecule has 2 aromatic rings. The van der Waals surface area contributed by atoms with E-state index in [0.717, 1.165) is 11.4 Å². The molecule has 2 rings (SSSR count). The number of H-pyrrole nitrogens is 1. The second-order valence-corrected chi connectivity index (χ2v) is 4.49. The summed E-state index contributed by atoms with van der Waals surface area (Å²) in [6.07, 6.45) is 0.139. The average Bonchev–Trinajstić information content (AvgIpc) is 2.71. The summed E-state index contributed by atoms with van der Waals surface area (Å²) in [6, 6.07) is 7.49. The van der Waals surface area contributed by atoms with Gasteiger partial charge in [0.15, 0.2) is 10.6 Å². The fourth-order valence-corrected chi connectivity index (χ4v) is 1.90. The number of hydrogen-bond acceptors (Lipinski definition) is 4. The first-order chi connectivity index (χ1) is 8.61.